The molecule has 0 fully saturated rings. The van der Waals surface area contributed by atoms with Gasteiger partial charge in [0.15, 0.2) is 0 Å². The second kappa shape index (κ2) is 5.57. The van der Waals surface area contributed by atoms with Crippen LogP contribution in [0.1, 0.15) is 12.5 Å². The number of aliphatic hydroxyl groups excluding tert-OH is 2. The summed E-state index contributed by atoms with van der Waals surface area (Å²) < 4.78 is 0. The molecule has 4 N–H and O–H groups in total. The van der Waals surface area contributed by atoms with E-state index in [0.717, 1.165) is 16.3 Å². The third kappa shape index (κ3) is 2.87. The van der Waals surface area contributed by atoms with Crippen LogP contribution in [0.3, 0.4) is 0 Å². The van der Waals surface area contributed by atoms with E-state index < -0.39 is 5.54 Å². The van der Waals surface area contributed by atoms with Crippen molar-refractivity contribution in [2.75, 3.05) is 13.2 Å². The largest absolute Gasteiger partial charge is 0.508 e. The van der Waals surface area contributed by atoms with E-state index in [1.807, 2.05) is 30.3 Å². The molecule has 0 aliphatic heterocycles. The summed E-state index contributed by atoms with van der Waals surface area (Å²) in [7, 11) is 0. The van der Waals surface area contributed by atoms with Crippen LogP contribution in [0.4, 0.5) is 0 Å². The van der Waals surface area contributed by atoms with Gasteiger partial charge in [-0.05, 0) is 23.8 Å². The second-order valence-electron chi connectivity index (χ2n) is 5.01. The van der Waals surface area contributed by atoms with Gasteiger partial charge in [-0.3, -0.25) is 0 Å². The first-order valence-corrected chi connectivity index (χ1v) is 6.26. The molecule has 0 atom stereocenters. The van der Waals surface area contributed by atoms with Gasteiger partial charge in [0.25, 0.3) is 0 Å². The van der Waals surface area contributed by atoms with Gasteiger partial charge in [-0.1, -0.05) is 30.3 Å². The Kier molecular flexibility index (Phi) is 4.04. The zero-order valence-electron chi connectivity index (χ0n) is 10.9. The summed E-state index contributed by atoms with van der Waals surface area (Å²) in [6.07, 6.45) is 0. The molecule has 0 bridgehead atoms. The van der Waals surface area contributed by atoms with Crippen LogP contribution in [0.2, 0.25) is 0 Å². The lowest BCUT2D eigenvalue weighted by Gasteiger charge is -2.26. The minimum absolute atomic E-state index is 0.172. The molecule has 0 radical (unpaired) electrons. The molecular weight excluding hydrogens is 242 g/mol. The molecule has 102 valence electrons. The summed E-state index contributed by atoms with van der Waals surface area (Å²) in [5.74, 6) is 0.212. The maximum absolute atomic E-state index is 9.99. The number of hydrogen-bond donors (Lipinski definition) is 4. The van der Waals surface area contributed by atoms with Crippen molar-refractivity contribution >= 4 is 10.8 Å². The van der Waals surface area contributed by atoms with E-state index in [-0.39, 0.29) is 19.0 Å². The van der Waals surface area contributed by atoms with Crippen molar-refractivity contribution in [1.82, 2.24) is 5.32 Å². The third-order valence-electron chi connectivity index (χ3n) is 3.41. The number of fused-ring (bicyclic) bond motifs is 1. The Hall–Kier alpha value is -1.62. The van der Waals surface area contributed by atoms with E-state index in [0.29, 0.717) is 6.54 Å². The van der Waals surface area contributed by atoms with Gasteiger partial charge in [0.1, 0.15) is 5.75 Å². The fourth-order valence-electron chi connectivity index (χ4n) is 1.97. The van der Waals surface area contributed by atoms with Crippen LogP contribution < -0.4 is 5.32 Å². The predicted octanol–water partition coefficient (Wildman–Crippen LogP) is 1.38. The van der Waals surface area contributed by atoms with Crippen molar-refractivity contribution in [3.05, 3.63) is 42.0 Å². The molecule has 0 spiro atoms. The second-order valence-corrected chi connectivity index (χ2v) is 5.01. The van der Waals surface area contributed by atoms with Crippen LogP contribution in [0.15, 0.2) is 36.4 Å². The van der Waals surface area contributed by atoms with E-state index in [9.17, 15) is 15.3 Å². The number of benzene rings is 2. The molecule has 0 unspecified atom stereocenters. The zero-order chi connectivity index (χ0) is 13.9. The number of nitrogens with one attached hydrogen (secondary N) is 1. The number of rotatable bonds is 5. The Morgan fingerprint density at radius 1 is 1.05 bits per heavy atom. The van der Waals surface area contributed by atoms with E-state index in [1.165, 1.54) is 0 Å². The summed E-state index contributed by atoms with van der Waals surface area (Å²) >= 11 is 0. The quantitative estimate of drug-likeness (QED) is 0.656. The lowest BCUT2D eigenvalue weighted by atomic mass is 10.0. The van der Waals surface area contributed by atoms with Crippen molar-refractivity contribution < 1.29 is 15.3 Å². The van der Waals surface area contributed by atoms with E-state index in [4.69, 9.17) is 0 Å². The molecular formula is C15H19NO3. The Morgan fingerprint density at radius 3 is 2.42 bits per heavy atom. The van der Waals surface area contributed by atoms with E-state index >= 15 is 0 Å². The zero-order valence-corrected chi connectivity index (χ0v) is 10.9. The molecule has 0 saturated heterocycles. The average molecular weight is 261 g/mol. The normalized spacial score (nSPS) is 11.9. The SMILES string of the molecule is CC(CO)(CO)NCc1c(O)ccc2ccccc12. The lowest BCUT2D eigenvalue weighted by molar-refractivity contribution is 0.103. The number of hydrogen-bond acceptors (Lipinski definition) is 4. The topological polar surface area (TPSA) is 72.7 Å². The van der Waals surface area contributed by atoms with Gasteiger partial charge in [0, 0.05) is 12.1 Å². The summed E-state index contributed by atoms with van der Waals surface area (Å²) in [4.78, 5) is 0. The first-order chi connectivity index (χ1) is 9.09. The van der Waals surface area contributed by atoms with Gasteiger partial charge in [-0.25, -0.2) is 0 Å². The van der Waals surface area contributed by atoms with Crippen molar-refractivity contribution in [3.8, 4) is 5.75 Å². The van der Waals surface area contributed by atoms with Gasteiger partial charge in [-0.15, -0.1) is 0 Å². The Labute approximate surface area is 112 Å². The Balaban J connectivity index is 2.32. The lowest BCUT2D eigenvalue weighted by Crippen LogP contribution is -2.48. The van der Waals surface area contributed by atoms with E-state index in [2.05, 4.69) is 5.32 Å². The molecule has 4 heteroatoms. The number of aromatic hydroxyl groups is 1. The van der Waals surface area contributed by atoms with Crippen LogP contribution in [0.5, 0.6) is 5.75 Å². The maximum Gasteiger partial charge on any atom is 0.120 e. The minimum Gasteiger partial charge on any atom is -0.508 e. The van der Waals surface area contributed by atoms with Crippen LogP contribution >= 0.6 is 0 Å². The van der Waals surface area contributed by atoms with Crippen molar-refractivity contribution in [2.24, 2.45) is 0 Å². The number of aliphatic hydroxyl groups is 2. The third-order valence-corrected chi connectivity index (χ3v) is 3.41. The van der Waals surface area contributed by atoms with Gasteiger partial charge >= 0.3 is 0 Å². The van der Waals surface area contributed by atoms with Gasteiger partial charge in [-0.2, -0.15) is 0 Å². The van der Waals surface area contributed by atoms with Crippen LogP contribution in [-0.4, -0.2) is 34.1 Å². The predicted molar refractivity (Wildman–Crippen MR) is 75.0 cm³/mol. The molecule has 0 aliphatic rings. The van der Waals surface area contributed by atoms with Crippen LogP contribution in [0, 0.1) is 0 Å². The highest BCUT2D eigenvalue weighted by Crippen LogP contribution is 2.27. The first kappa shape index (κ1) is 13.8. The maximum atomic E-state index is 9.99. The van der Waals surface area contributed by atoms with Crippen molar-refractivity contribution in [1.29, 1.82) is 0 Å². The molecule has 0 aromatic heterocycles. The smallest absolute Gasteiger partial charge is 0.120 e. The number of phenolic OH excluding ortho intramolecular Hbond substituents is 1. The molecule has 2 aromatic carbocycles. The van der Waals surface area contributed by atoms with Crippen molar-refractivity contribution in [2.45, 2.75) is 19.0 Å². The summed E-state index contributed by atoms with van der Waals surface area (Å²) in [6.45, 7) is 1.77. The van der Waals surface area contributed by atoms with Crippen LogP contribution in [0.25, 0.3) is 10.8 Å². The number of phenols is 1. The molecule has 0 saturated carbocycles. The van der Waals surface area contributed by atoms with Gasteiger partial charge in [0.2, 0.25) is 0 Å². The van der Waals surface area contributed by atoms with Gasteiger partial charge < -0.3 is 20.6 Å². The minimum atomic E-state index is -0.761. The molecule has 0 amide bonds. The first-order valence-electron chi connectivity index (χ1n) is 6.26. The molecule has 19 heavy (non-hydrogen) atoms. The summed E-state index contributed by atoms with van der Waals surface area (Å²) in [5.41, 5.74) is 0.00912. The van der Waals surface area contributed by atoms with Gasteiger partial charge in [0.05, 0.1) is 18.8 Å². The Bertz CT molecular complexity index is 564. The molecule has 0 heterocycles. The fraction of sp³-hybridized carbons (Fsp3) is 0.333. The fourth-order valence-corrected chi connectivity index (χ4v) is 1.97. The monoisotopic (exact) mass is 261 g/mol. The molecule has 2 rings (SSSR count). The molecule has 0 aliphatic carbocycles. The molecule has 4 nitrogen and oxygen atoms in total. The van der Waals surface area contributed by atoms with E-state index in [1.54, 1.807) is 13.0 Å². The van der Waals surface area contributed by atoms with Crippen LogP contribution in [-0.2, 0) is 6.54 Å². The summed E-state index contributed by atoms with van der Waals surface area (Å²) in [6, 6.07) is 11.3. The molecule has 2 aromatic rings. The highest BCUT2D eigenvalue weighted by molar-refractivity contribution is 5.87. The van der Waals surface area contributed by atoms with Crippen molar-refractivity contribution in [3.63, 3.8) is 0 Å². The Morgan fingerprint density at radius 2 is 1.74 bits per heavy atom. The summed E-state index contributed by atoms with van der Waals surface area (Å²) in [5, 5.41) is 33.6. The standard InChI is InChI=1S/C15H19NO3/c1-15(9-17,10-18)16-8-13-12-5-3-2-4-11(12)6-7-14(13)19/h2-7,16-19H,8-10H2,1H3. The average Bonchev–Trinajstić information content (AvgIpc) is 2.46. The highest BCUT2D eigenvalue weighted by atomic mass is 16.3. The highest BCUT2D eigenvalue weighted by Gasteiger charge is 2.22.